The number of rotatable bonds is 2. The summed E-state index contributed by atoms with van der Waals surface area (Å²) in [5.41, 5.74) is 1.25. The summed E-state index contributed by atoms with van der Waals surface area (Å²) in [4.78, 5) is 11.0. The van der Waals surface area contributed by atoms with Gasteiger partial charge in [0, 0.05) is 11.8 Å². The topological polar surface area (TPSA) is 67.8 Å². The average Bonchev–Trinajstić information content (AvgIpc) is 2.11. The van der Waals surface area contributed by atoms with Gasteiger partial charge in [0.2, 0.25) is 5.91 Å². The maximum absolute atomic E-state index is 11.0. The number of hydrogen-bond donors (Lipinski definition) is 2. The summed E-state index contributed by atoms with van der Waals surface area (Å²) in [6.07, 6.45) is 0.194. The third-order valence-electron chi connectivity index (χ3n) is 2.25. The lowest BCUT2D eigenvalue weighted by Gasteiger charge is -2.40. The number of amides is 1. The van der Waals surface area contributed by atoms with Gasteiger partial charge in [-0.3, -0.25) is 10.0 Å². The van der Waals surface area contributed by atoms with Crippen LogP contribution in [0.2, 0.25) is 0 Å². The molecule has 1 aliphatic rings. The highest BCUT2D eigenvalue weighted by molar-refractivity contribution is 5.75. The summed E-state index contributed by atoms with van der Waals surface area (Å²) < 4.78 is 10.9. The van der Waals surface area contributed by atoms with Crippen molar-refractivity contribution < 1.29 is 19.5 Å². The number of carbonyl (C=O) groups excluding carboxylic acids is 1. The summed E-state index contributed by atoms with van der Waals surface area (Å²) in [6.45, 7) is 6.45. The molecular formula is C9H17NO4. The highest BCUT2D eigenvalue weighted by Gasteiger charge is 2.37. The zero-order valence-electron chi connectivity index (χ0n) is 8.79. The van der Waals surface area contributed by atoms with Crippen LogP contribution in [-0.4, -0.2) is 30.1 Å². The van der Waals surface area contributed by atoms with Gasteiger partial charge in [-0.1, -0.05) is 6.92 Å². The van der Waals surface area contributed by atoms with Crippen molar-refractivity contribution in [3.63, 3.8) is 0 Å². The molecule has 1 saturated heterocycles. The van der Waals surface area contributed by atoms with E-state index in [0.29, 0.717) is 13.2 Å². The number of hydroxylamine groups is 1. The van der Waals surface area contributed by atoms with Gasteiger partial charge in [0.15, 0.2) is 5.79 Å². The first-order chi connectivity index (χ1) is 6.37. The predicted molar refractivity (Wildman–Crippen MR) is 48.6 cm³/mol. The van der Waals surface area contributed by atoms with Gasteiger partial charge in [-0.25, -0.2) is 5.48 Å². The van der Waals surface area contributed by atoms with Crippen molar-refractivity contribution >= 4 is 5.91 Å². The molecule has 0 atom stereocenters. The minimum absolute atomic E-state index is 0.194. The normalized spacial score (nSPS) is 24.3. The van der Waals surface area contributed by atoms with Crippen molar-refractivity contribution in [3.05, 3.63) is 0 Å². The van der Waals surface area contributed by atoms with Crippen molar-refractivity contribution in [3.8, 4) is 0 Å². The molecule has 1 heterocycles. The van der Waals surface area contributed by atoms with Crippen LogP contribution in [0.3, 0.4) is 0 Å². The van der Waals surface area contributed by atoms with Crippen molar-refractivity contribution in [2.45, 2.75) is 33.0 Å². The van der Waals surface area contributed by atoms with Crippen LogP contribution < -0.4 is 5.48 Å². The average molecular weight is 203 g/mol. The highest BCUT2D eigenvalue weighted by Crippen LogP contribution is 2.31. The van der Waals surface area contributed by atoms with Crippen LogP contribution in [0.15, 0.2) is 0 Å². The first kappa shape index (κ1) is 11.4. The van der Waals surface area contributed by atoms with Crippen LogP contribution in [0.5, 0.6) is 0 Å². The van der Waals surface area contributed by atoms with Crippen molar-refractivity contribution in [2.75, 3.05) is 13.2 Å². The van der Waals surface area contributed by atoms with Crippen LogP contribution in [-0.2, 0) is 14.3 Å². The first-order valence-corrected chi connectivity index (χ1v) is 4.58. The van der Waals surface area contributed by atoms with E-state index in [1.54, 1.807) is 5.48 Å². The van der Waals surface area contributed by atoms with E-state index < -0.39 is 11.7 Å². The summed E-state index contributed by atoms with van der Waals surface area (Å²) >= 11 is 0. The molecule has 0 aromatic heterocycles. The Balaban J connectivity index is 2.49. The molecule has 1 aliphatic heterocycles. The summed E-state index contributed by atoms with van der Waals surface area (Å²) in [5, 5.41) is 8.40. The van der Waals surface area contributed by atoms with E-state index in [1.807, 2.05) is 20.8 Å². The molecule has 1 fully saturated rings. The Kier molecular flexibility index (Phi) is 3.14. The number of ether oxygens (including phenoxy) is 2. The fraction of sp³-hybridized carbons (Fsp3) is 0.889. The lowest BCUT2D eigenvalue weighted by atomic mass is 9.87. The standard InChI is InChI=1S/C9H17NO4/c1-8(2)13-5-9(3,6-14-8)4-7(11)10-12/h12H,4-6H2,1-3H3,(H,10,11). The first-order valence-electron chi connectivity index (χ1n) is 4.58. The van der Waals surface area contributed by atoms with E-state index in [1.165, 1.54) is 0 Å². The second kappa shape index (κ2) is 3.84. The molecule has 2 N–H and O–H groups in total. The van der Waals surface area contributed by atoms with Crippen LogP contribution in [0.4, 0.5) is 0 Å². The Morgan fingerprint density at radius 2 is 1.86 bits per heavy atom. The third-order valence-corrected chi connectivity index (χ3v) is 2.25. The van der Waals surface area contributed by atoms with Gasteiger partial charge in [0.25, 0.3) is 0 Å². The van der Waals surface area contributed by atoms with E-state index >= 15 is 0 Å². The summed E-state index contributed by atoms with van der Waals surface area (Å²) in [5.74, 6) is -0.991. The molecule has 0 radical (unpaired) electrons. The molecule has 1 amide bonds. The lowest BCUT2D eigenvalue weighted by Crippen LogP contribution is -2.46. The van der Waals surface area contributed by atoms with Gasteiger partial charge < -0.3 is 9.47 Å². The number of hydrogen-bond acceptors (Lipinski definition) is 4. The molecule has 82 valence electrons. The second-order valence-corrected chi connectivity index (χ2v) is 4.50. The number of nitrogens with one attached hydrogen (secondary N) is 1. The van der Waals surface area contributed by atoms with E-state index in [9.17, 15) is 4.79 Å². The monoisotopic (exact) mass is 203 g/mol. The molecule has 0 unspecified atom stereocenters. The zero-order chi connectivity index (χ0) is 10.8. The SMILES string of the molecule is CC1(CC(=O)NO)COC(C)(C)OC1. The molecule has 0 aliphatic carbocycles. The van der Waals surface area contributed by atoms with Gasteiger partial charge in [0.05, 0.1) is 13.2 Å². The fourth-order valence-electron chi connectivity index (χ4n) is 1.31. The van der Waals surface area contributed by atoms with Crippen molar-refractivity contribution in [2.24, 2.45) is 5.41 Å². The maximum atomic E-state index is 11.0. The molecular weight excluding hydrogens is 186 g/mol. The van der Waals surface area contributed by atoms with E-state index in [-0.39, 0.29) is 11.8 Å². The van der Waals surface area contributed by atoms with Gasteiger partial charge in [0.1, 0.15) is 0 Å². The molecule has 0 aromatic carbocycles. The van der Waals surface area contributed by atoms with Crippen LogP contribution >= 0.6 is 0 Å². The molecule has 0 aromatic rings. The maximum Gasteiger partial charge on any atom is 0.244 e. The third kappa shape index (κ3) is 2.94. The zero-order valence-corrected chi connectivity index (χ0v) is 8.79. The van der Waals surface area contributed by atoms with Crippen LogP contribution in [0, 0.1) is 5.41 Å². The molecule has 5 nitrogen and oxygen atoms in total. The van der Waals surface area contributed by atoms with Gasteiger partial charge >= 0.3 is 0 Å². The summed E-state index contributed by atoms with van der Waals surface area (Å²) in [6, 6.07) is 0. The predicted octanol–water partition coefficient (Wildman–Crippen LogP) is 0.671. The Morgan fingerprint density at radius 3 is 2.29 bits per heavy atom. The van der Waals surface area contributed by atoms with E-state index in [0.717, 1.165) is 0 Å². The smallest absolute Gasteiger partial charge is 0.244 e. The molecule has 0 bridgehead atoms. The van der Waals surface area contributed by atoms with Gasteiger partial charge in [-0.2, -0.15) is 0 Å². The highest BCUT2D eigenvalue weighted by atomic mass is 16.7. The van der Waals surface area contributed by atoms with Crippen molar-refractivity contribution in [1.29, 1.82) is 0 Å². The second-order valence-electron chi connectivity index (χ2n) is 4.50. The Bertz CT molecular complexity index is 217. The molecule has 14 heavy (non-hydrogen) atoms. The Labute approximate surface area is 83.3 Å². The molecule has 1 rings (SSSR count). The van der Waals surface area contributed by atoms with Crippen molar-refractivity contribution in [1.82, 2.24) is 5.48 Å². The Morgan fingerprint density at radius 1 is 1.36 bits per heavy atom. The quantitative estimate of drug-likeness (QED) is 0.511. The van der Waals surface area contributed by atoms with Crippen LogP contribution in [0.1, 0.15) is 27.2 Å². The fourth-order valence-corrected chi connectivity index (χ4v) is 1.31. The lowest BCUT2D eigenvalue weighted by molar-refractivity contribution is -0.282. The summed E-state index contributed by atoms with van der Waals surface area (Å²) in [7, 11) is 0. The van der Waals surface area contributed by atoms with Gasteiger partial charge in [-0.15, -0.1) is 0 Å². The molecule has 0 spiro atoms. The van der Waals surface area contributed by atoms with E-state index in [2.05, 4.69) is 0 Å². The number of carbonyl (C=O) groups is 1. The van der Waals surface area contributed by atoms with Gasteiger partial charge in [-0.05, 0) is 13.8 Å². The minimum atomic E-state index is -0.574. The largest absolute Gasteiger partial charge is 0.350 e. The Hall–Kier alpha value is -0.650. The molecule has 5 heteroatoms. The van der Waals surface area contributed by atoms with Crippen LogP contribution in [0.25, 0.3) is 0 Å². The minimum Gasteiger partial charge on any atom is -0.350 e. The molecule has 0 saturated carbocycles. The van der Waals surface area contributed by atoms with E-state index in [4.69, 9.17) is 14.7 Å².